The summed E-state index contributed by atoms with van der Waals surface area (Å²) in [5, 5.41) is 16.5. The highest BCUT2D eigenvalue weighted by Crippen LogP contribution is 2.14. The summed E-state index contributed by atoms with van der Waals surface area (Å²) < 4.78 is 23.8. The molecule has 3 N–H and O–H groups in total. The van der Waals surface area contributed by atoms with Crippen molar-refractivity contribution in [3.05, 3.63) is 21.6 Å². The zero-order valence-corrected chi connectivity index (χ0v) is 8.13. The van der Waals surface area contributed by atoms with Gasteiger partial charge in [0.05, 0.1) is 11.9 Å². The first-order valence-electron chi connectivity index (χ1n) is 3.95. The molecule has 0 saturated carbocycles. The van der Waals surface area contributed by atoms with Crippen LogP contribution in [-0.4, -0.2) is 34.4 Å². The van der Waals surface area contributed by atoms with Crippen molar-refractivity contribution >= 4 is 17.3 Å². The van der Waals surface area contributed by atoms with Gasteiger partial charge in [0.1, 0.15) is 11.1 Å². The number of aliphatic hydroxyl groups excluding tert-OH is 1. The van der Waals surface area contributed by atoms with Crippen molar-refractivity contribution in [2.24, 2.45) is 0 Å². The topological polar surface area (TPSA) is 78.0 Å². The van der Waals surface area contributed by atoms with Crippen LogP contribution >= 0.6 is 11.6 Å². The quantitative estimate of drug-likeness (QED) is 0.713. The number of rotatable bonds is 4. The number of aliphatic hydroxyl groups is 1. The monoisotopic (exact) mass is 239 g/mol. The van der Waals surface area contributed by atoms with E-state index in [-0.39, 0.29) is 10.7 Å². The van der Waals surface area contributed by atoms with Crippen molar-refractivity contribution in [1.82, 2.24) is 10.2 Å². The lowest BCUT2D eigenvalue weighted by atomic mass is 10.3. The number of aromatic amines is 1. The third-order valence-corrected chi connectivity index (χ3v) is 1.96. The Morgan fingerprint density at radius 2 is 2.33 bits per heavy atom. The Labute approximate surface area is 88.1 Å². The van der Waals surface area contributed by atoms with Crippen molar-refractivity contribution in [3.8, 4) is 0 Å². The Hall–Kier alpha value is -1.21. The van der Waals surface area contributed by atoms with Crippen LogP contribution in [0.4, 0.5) is 14.5 Å². The van der Waals surface area contributed by atoms with E-state index in [1.165, 1.54) is 6.20 Å². The molecule has 1 rings (SSSR count). The first-order chi connectivity index (χ1) is 7.02. The lowest BCUT2D eigenvalue weighted by Crippen LogP contribution is -2.27. The van der Waals surface area contributed by atoms with E-state index in [1.807, 2.05) is 0 Å². The largest absolute Gasteiger partial charge is 0.385 e. The van der Waals surface area contributed by atoms with Gasteiger partial charge in [0, 0.05) is 6.54 Å². The molecule has 0 bridgehead atoms. The standard InChI is InChI=1S/C7H8ClF2N3O2/c8-5-3(1-12-13-7(5)15)11-2-4(14)6(9)10/h1,4,6,14H,2H2,(H2,11,13,15). The minimum atomic E-state index is -2.86. The van der Waals surface area contributed by atoms with Crippen LogP contribution in [0.25, 0.3) is 0 Å². The third-order valence-electron chi connectivity index (χ3n) is 1.59. The second-order valence-electron chi connectivity index (χ2n) is 2.71. The van der Waals surface area contributed by atoms with Crippen molar-refractivity contribution in [1.29, 1.82) is 0 Å². The molecule has 0 aliphatic carbocycles. The predicted octanol–water partition coefficient (Wildman–Crippen LogP) is 0.461. The molecule has 0 aromatic carbocycles. The number of H-pyrrole nitrogens is 1. The van der Waals surface area contributed by atoms with Crippen LogP contribution in [0, 0.1) is 0 Å². The molecule has 0 aliphatic rings. The van der Waals surface area contributed by atoms with E-state index in [1.54, 1.807) is 0 Å². The van der Waals surface area contributed by atoms with Gasteiger partial charge in [-0.3, -0.25) is 4.79 Å². The van der Waals surface area contributed by atoms with Gasteiger partial charge in [-0.15, -0.1) is 0 Å². The zero-order chi connectivity index (χ0) is 11.4. The summed E-state index contributed by atoms with van der Waals surface area (Å²) in [6.07, 6.45) is -3.51. The van der Waals surface area contributed by atoms with Gasteiger partial charge in [0.2, 0.25) is 0 Å². The van der Waals surface area contributed by atoms with Crippen LogP contribution in [0.5, 0.6) is 0 Å². The fraction of sp³-hybridized carbons (Fsp3) is 0.429. The van der Waals surface area contributed by atoms with Crippen molar-refractivity contribution in [2.45, 2.75) is 12.5 Å². The fourth-order valence-corrected chi connectivity index (χ4v) is 0.968. The molecule has 84 valence electrons. The number of hydrogen-bond acceptors (Lipinski definition) is 4. The number of alkyl halides is 2. The second-order valence-corrected chi connectivity index (χ2v) is 3.09. The van der Waals surface area contributed by atoms with Gasteiger partial charge in [-0.1, -0.05) is 11.6 Å². The first kappa shape index (κ1) is 11.9. The molecule has 15 heavy (non-hydrogen) atoms. The zero-order valence-electron chi connectivity index (χ0n) is 7.38. The van der Waals surface area contributed by atoms with Crippen LogP contribution in [-0.2, 0) is 0 Å². The maximum atomic E-state index is 11.9. The Bertz CT molecular complexity index is 385. The van der Waals surface area contributed by atoms with Gasteiger partial charge in [0.25, 0.3) is 12.0 Å². The van der Waals surface area contributed by atoms with Crippen molar-refractivity contribution in [2.75, 3.05) is 11.9 Å². The minimum absolute atomic E-state index is 0.0973. The number of aromatic nitrogens is 2. The van der Waals surface area contributed by atoms with Crippen molar-refractivity contribution in [3.63, 3.8) is 0 Å². The summed E-state index contributed by atoms with van der Waals surface area (Å²) in [5.41, 5.74) is -0.534. The van der Waals surface area contributed by atoms with Gasteiger partial charge >= 0.3 is 0 Å². The Morgan fingerprint density at radius 3 is 2.93 bits per heavy atom. The molecule has 0 radical (unpaired) electrons. The summed E-state index contributed by atoms with van der Waals surface area (Å²) in [6, 6.07) is 0. The van der Waals surface area contributed by atoms with E-state index < -0.39 is 24.6 Å². The number of halogens is 3. The molecular weight excluding hydrogens is 232 g/mol. The van der Waals surface area contributed by atoms with E-state index in [9.17, 15) is 13.6 Å². The van der Waals surface area contributed by atoms with E-state index in [0.29, 0.717) is 0 Å². The summed E-state index contributed by atoms with van der Waals surface area (Å²) >= 11 is 5.54. The molecule has 1 unspecified atom stereocenters. The molecule has 1 heterocycles. The highest BCUT2D eigenvalue weighted by Gasteiger charge is 2.16. The Balaban J connectivity index is 2.66. The summed E-state index contributed by atoms with van der Waals surface area (Å²) in [5.74, 6) is 0. The van der Waals surface area contributed by atoms with E-state index in [0.717, 1.165) is 0 Å². The molecule has 0 amide bonds. The molecule has 0 saturated heterocycles. The second kappa shape index (κ2) is 5.04. The number of nitrogens with one attached hydrogen (secondary N) is 2. The van der Waals surface area contributed by atoms with Gasteiger partial charge in [0.15, 0.2) is 0 Å². The average Bonchev–Trinajstić information content (AvgIpc) is 2.19. The van der Waals surface area contributed by atoms with E-state index in [2.05, 4.69) is 15.5 Å². The molecule has 0 fully saturated rings. The smallest absolute Gasteiger partial charge is 0.285 e. The highest BCUT2D eigenvalue weighted by molar-refractivity contribution is 6.32. The Morgan fingerprint density at radius 1 is 1.67 bits per heavy atom. The molecule has 1 aromatic rings. The average molecular weight is 240 g/mol. The molecule has 1 aromatic heterocycles. The normalized spacial score (nSPS) is 12.9. The maximum absolute atomic E-state index is 11.9. The summed E-state index contributed by atoms with van der Waals surface area (Å²) in [7, 11) is 0. The van der Waals surface area contributed by atoms with E-state index in [4.69, 9.17) is 16.7 Å². The molecular formula is C7H8ClF2N3O2. The van der Waals surface area contributed by atoms with Crippen LogP contribution in [0.1, 0.15) is 0 Å². The SMILES string of the molecule is O=c1[nH]ncc(NCC(O)C(F)F)c1Cl. The Kier molecular flexibility index (Phi) is 3.98. The molecule has 8 heteroatoms. The minimum Gasteiger partial charge on any atom is -0.385 e. The molecule has 5 nitrogen and oxygen atoms in total. The fourth-order valence-electron chi connectivity index (χ4n) is 0.810. The third kappa shape index (κ3) is 3.14. The van der Waals surface area contributed by atoms with Gasteiger partial charge in [-0.05, 0) is 0 Å². The van der Waals surface area contributed by atoms with Gasteiger partial charge in [-0.25, -0.2) is 13.9 Å². The van der Waals surface area contributed by atoms with E-state index >= 15 is 0 Å². The van der Waals surface area contributed by atoms with Crippen molar-refractivity contribution < 1.29 is 13.9 Å². The number of anilines is 1. The van der Waals surface area contributed by atoms with Gasteiger partial charge in [-0.2, -0.15) is 5.10 Å². The summed E-state index contributed by atoms with van der Waals surface area (Å²) in [6.45, 7) is -0.414. The lowest BCUT2D eigenvalue weighted by molar-refractivity contribution is 0.00384. The number of nitrogens with zero attached hydrogens (tertiary/aromatic N) is 1. The first-order valence-corrected chi connectivity index (χ1v) is 4.33. The highest BCUT2D eigenvalue weighted by atomic mass is 35.5. The van der Waals surface area contributed by atoms with Gasteiger partial charge < -0.3 is 10.4 Å². The lowest BCUT2D eigenvalue weighted by Gasteiger charge is -2.11. The van der Waals surface area contributed by atoms with Crippen LogP contribution < -0.4 is 10.9 Å². The van der Waals surface area contributed by atoms with Crippen LogP contribution in [0.3, 0.4) is 0 Å². The van der Waals surface area contributed by atoms with Crippen LogP contribution in [0.2, 0.25) is 5.02 Å². The molecule has 1 atom stereocenters. The van der Waals surface area contributed by atoms with Crippen LogP contribution in [0.15, 0.2) is 11.0 Å². The summed E-state index contributed by atoms with van der Waals surface area (Å²) in [4.78, 5) is 10.9. The number of hydrogen-bond donors (Lipinski definition) is 3. The predicted molar refractivity (Wildman–Crippen MR) is 50.4 cm³/mol. The molecule has 0 aliphatic heterocycles. The maximum Gasteiger partial charge on any atom is 0.285 e. The molecule has 0 spiro atoms.